The predicted octanol–water partition coefficient (Wildman–Crippen LogP) is 6.12. The Labute approximate surface area is 168 Å². The fourth-order valence-corrected chi connectivity index (χ4v) is 3.77. The Kier molecular flexibility index (Phi) is 9.01. The Balaban J connectivity index is 2.77. The SMILES string of the molecule is CCCCc1c(CCCC)c2oc(=O)c(CCCC)c(CCCC)c2oc1=O. The van der Waals surface area contributed by atoms with Crippen LogP contribution in [0.5, 0.6) is 0 Å². The highest BCUT2D eigenvalue weighted by atomic mass is 16.4. The van der Waals surface area contributed by atoms with Crippen LogP contribution in [0.2, 0.25) is 0 Å². The number of aryl methyl sites for hydroxylation is 2. The van der Waals surface area contributed by atoms with Gasteiger partial charge in [-0.3, -0.25) is 0 Å². The minimum Gasteiger partial charge on any atom is -0.419 e. The van der Waals surface area contributed by atoms with Gasteiger partial charge in [0, 0.05) is 22.3 Å². The van der Waals surface area contributed by atoms with Gasteiger partial charge in [-0.25, -0.2) is 9.59 Å². The summed E-state index contributed by atoms with van der Waals surface area (Å²) < 4.78 is 11.7. The highest BCUT2D eigenvalue weighted by molar-refractivity contribution is 5.79. The number of fused-ring (bicyclic) bond motifs is 1. The molecular formula is C24H36O4. The molecule has 0 unspecified atom stereocenters. The van der Waals surface area contributed by atoms with Gasteiger partial charge in [-0.05, 0) is 51.4 Å². The van der Waals surface area contributed by atoms with Crippen molar-refractivity contribution in [2.45, 2.75) is 105 Å². The van der Waals surface area contributed by atoms with Gasteiger partial charge in [0.05, 0.1) is 0 Å². The van der Waals surface area contributed by atoms with E-state index >= 15 is 0 Å². The summed E-state index contributed by atoms with van der Waals surface area (Å²) >= 11 is 0. The second-order valence-electron chi connectivity index (χ2n) is 7.77. The zero-order valence-electron chi connectivity index (χ0n) is 18.1. The molecule has 156 valence electrons. The third-order valence-electron chi connectivity index (χ3n) is 5.49. The fourth-order valence-electron chi connectivity index (χ4n) is 3.77. The first-order valence-corrected chi connectivity index (χ1v) is 11.2. The Morgan fingerprint density at radius 3 is 1.07 bits per heavy atom. The van der Waals surface area contributed by atoms with Crippen LogP contribution in [0.25, 0.3) is 11.2 Å². The molecule has 0 atom stereocenters. The van der Waals surface area contributed by atoms with Gasteiger partial charge in [-0.2, -0.15) is 0 Å². The van der Waals surface area contributed by atoms with E-state index < -0.39 is 0 Å². The summed E-state index contributed by atoms with van der Waals surface area (Å²) in [6, 6.07) is 0. The van der Waals surface area contributed by atoms with Gasteiger partial charge in [-0.1, -0.05) is 53.4 Å². The van der Waals surface area contributed by atoms with Crippen LogP contribution < -0.4 is 11.3 Å². The van der Waals surface area contributed by atoms with E-state index in [0.717, 1.165) is 75.3 Å². The van der Waals surface area contributed by atoms with E-state index in [0.29, 0.717) is 35.1 Å². The van der Waals surface area contributed by atoms with Gasteiger partial charge in [0.2, 0.25) is 0 Å². The maximum absolute atomic E-state index is 12.9. The molecule has 0 aromatic carbocycles. The monoisotopic (exact) mass is 388 g/mol. The summed E-state index contributed by atoms with van der Waals surface area (Å²) in [6.07, 6.45) is 10.7. The van der Waals surface area contributed by atoms with Crippen molar-refractivity contribution in [3.8, 4) is 0 Å². The normalized spacial score (nSPS) is 11.4. The van der Waals surface area contributed by atoms with Crippen molar-refractivity contribution in [1.82, 2.24) is 0 Å². The molecule has 2 rings (SSSR count). The van der Waals surface area contributed by atoms with Crippen LogP contribution in [0.15, 0.2) is 18.4 Å². The van der Waals surface area contributed by atoms with E-state index in [2.05, 4.69) is 27.7 Å². The lowest BCUT2D eigenvalue weighted by Gasteiger charge is -2.14. The van der Waals surface area contributed by atoms with E-state index in [-0.39, 0.29) is 11.3 Å². The van der Waals surface area contributed by atoms with Crippen LogP contribution in [0, 0.1) is 0 Å². The van der Waals surface area contributed by atoms with Crippen LogP contribution in [0.3, 0.4) is 0 Å². The van der Waals surface area contributed by atoms with Crippen molar-refractivity contribution in [2.75, 3.05) is 0 Å². The summed E-state index contributed by atoms with van der Waals surface area (Å²) in [7, 11) is 0. The topological polar surface area (TPSA) is 60.4 Å². The Bertz CT molecular complexity index is 800. The van der Waals surface area contributed by atoms with Crippen molar-refractivity contribution in [1.29, 1.82) is 0 Å². The van der Waals surface area contributed by atoms with Crippen LogP contribution in [-0.4, -0.2) is 0 Å². The number of hydrogen-bond donors (Lipinski definition) is 0. The minimum atomic E-state index is -0.250. The van der Waals surface area contributed by atoms with E-state index in [1.54, 1.807) is 0 Å². The Hall–Kier alpha value is -1.84. The Morgan fingerprint density at radius 2 is 0.786 bits per heavy atom. The first kappa shape index (κ1) is 22.4. The van der Waals surface area contributed by atoms with Crippen LogP contribution >= 0.6 is 0 Å². The van der Waals surface area contributed by atoms with Gasteiger partial charge in [0.15, 0.2) is 11.2 Å². The highest BCUT2D eigenvalue weighted by Gasteiger charge is 2.22. The van der Waals surface area contributed by atoms with Crippen molar-refractivity contribution < 1.29 is 8.83 Å². The molecule has 0 spiro atoms. The maximum atomic E-state index is 12.9. The highest BCUT2D eigenvalue weighted by Crippen LogP contribution is 2.28. The molecule has 0 fully saturated rings. The minimum absolute atomic E-state index is 0.250. The van der Waals surface area contributed by atoms with Gasteiger partial charge >= 0.3 is 11.3 Å². The Morgan fingerprint density at radius 1 is 0.500 bits per heavy atom. The molecule has 0 aliphatic carbocycles. The summed E-state index contributed by atoms with van der Waals surface area (Å²) in [5.74, 6) is 0. The molecule has 0 bridgehead atoms. The maximum Gasteiger partial charge on any atom is 0.339 e. The zero-order chi connectivity index (χ0) is 20.5. The average molecular weight is 389 g/mol. The largest absolute Gasteiger partial charge is 0.419 e. The van der Waals surface area contributed by atoms with Gasteiger partial charge in [0.25, 0.3) is 0 Å². The zero-order valence-corrected chi connectivity index (χ0v) is 18.1. The number of unbranched alkanes of at least 4 members (excludes halogenated alkanes) is 4. The molecule has 0 amide bonds. The van der Waals surface area contributed by atoms with Gasteiger partial charge < -0.3 is 8.83 Å². The van der Waals surface area contributed by atoms with Crippen molar-refractivity contribution in [3.63, 3.8) is 0 Å². The molecule has 0 radical (unpaired) electrons. The van der Waals surface area contributed by atoms with Crippen LogP contribution in [0.4, 0.5) is 0 Å². The molecule has 4 heteroatoms. The van der Waals surface area contributed by atoms with Crippen LogP contribution in [-0.2, 0) is 25.7 Å². The van der Waals surface area contributed by atoms with Crippen LogP contribution in [0.1, 0.15) is 101 Å². The lowest BCUT2D eigenvalue weighted by molar-refractivity contribution is 0.487. The molecule has 4 nitrogen and oxygen atoms in total. The molecule has 28 heavy (non-hydrogen) atoms. The standard InChI is InChI=1S/C24H36O4/c1-5-9-13-17-19(15-11-7-3)23(25)28-22-18(14-10-6-2)20(16-12-8-4)24(26)27-21(17)22/h5-16H2,1-4H3. The van der Waals surface area contributed by atoms with Gasteiger partial charge in [-0.15, -0.1) is 0 Å². The molecule has 2 aromatic rings. The molecule has 2 aromatic heterocycles. The fraction of sp³-hybridized carbons (Fsp3) is 0.667. The van der Waals surface area contributed by atoms with E-state index in [1.807, 2.05) is 0 Å². The second kappa shape index (κ2) is 11.2. The quantitative estimate of drug-likeness (QED) is 0.440. The van der Waals surface area contributed by atoms with E-state index in [1.165, 1.54) is 0 Å². The van der Waals surface area contributed by atoms with E-state index in [9.17, 15) is 9.59 Å². The second-order valence-corrected chi connectivity index (χ2v) is 7.77. The first-order valence-electron chi connectivity index (χ1n) is 11.2. The average Bonchev–Trinajstić information content (AvgIpc) is 2.69. The molecule has 2 heterocycles. The van der Waals surface area contributed by atoms with E-state index in [4.69, 9.17) is 8.83 Å². The summed E-state index contributed by atoms with van der Waals surface area (Å²) in [5.41, 5.74) is 3.76. The summed E-state index contributed by atoms with van der Waals surface area (Å²) in [4.78, 5) is 25.7. The number of rotatable bonds is 12. The molecule has 0 saturated carbocycles. The van der Waals surface area contributed by atoms with Crippen molar-refractivity contribution in [2.24, 2.45) is 0 Å². The van der Waals surface area contributed by atoms with Gasteiger partial charge in [0.1, 0.15) is 0 Å². The van der Waals surface area contributed by atoms with Crippen molar-refractivity contribution in [3.05, 3.63) is 43.1 Å². The first-order chi connectivity index (χ1) is 13.6. The third-order valence-corrected chi connectivity index (χ3v) is 5.49. The smallest absolute Gasteiger partial charge is 0.339 e. The molecule has 0 saturated heterocycles. The lowest BCUT2D eigenvalue weighted by Crippen LogP contribution is -2.18. The third kappa shape index (κ3) is 5.15. The lowest BCUT2D eigenvalue weighted by atomic mass is 9.95. The summed E-state index contributed by atoms with van der Waals surface area (Å²) in [5, 5.41) is 0. The van der Waals surface area contributed by atoms with Crippen molar-refractivity contribution >= 4 is 11.2 Å². The molecule has 0 aliphatic heterocycles. The predicted molar refractivity (Wildman–Crippen MR) is 115 cm³/mol. The molecule has 0 aliphatic rings. The molecular weight excluding hydrogens is 352 g/mol. The molecule has 0 N–H and O–H groups in total. The summed E-state index contributed by atoms with van der Waals surface area (Å²) in [6.45, 7) is 8.48. The number of hydrogen-bond acceptors (Lipinski definition) is 4.